The van der Waals surface area contributed by atoms with Crippen molar-refractivity contribution in [2.75, 3.05) is 13.1 Å². The number of piperidine rings is 1. The average Bonchev–Trinajstić information content (AvgIpc) is 2.55. The van der Waals surface area contributed by atoms with Crippen LogP contribution in [-0.4, -0.2) is 24.2 Å². The summed E-state index contributed by atoms with van der Waals surface area (Å²) in [7, 11) is 0. The second-order valence-corrected chi connectivity index (χ2v) is 5.71. The SMILES string of the molecule is Clc1ccc([C@@H](OC2CCNCC2)c2ccccn2)cc1. The highest BCUT2D eigenvalue weighted by Crippen LogP contribution is 2.28. The van der Waals surface area contributed by atoms with Crippen molar-refractivity contribution in [3.63, 3.8) is 0 Å². The number of nitrogens with one attached hydrogen (secondary N) is 1. The third-order valence-electron chi connectivity index (χ3n) is 3.74. The van der Waals surface area contributed by atoms with Crippen LogP contribution in [0.25, 0.3) is 0 Å². The molecule has 1 aromatic carbocycles. The molecule has 2 aromatic rings. The summed E-state index contributed by atoms with van der Waals surface area (Å²) >= 11 is 5.99. The fraction of sp³-hybridized carbons (Fsp3) is 0.353. The molecule has 1 N–H and O–H groups in total. The Balaban J connectivity index is 1.85. The van der Waals surface area contributed by atoms with Gasteiger partial charge in [0.1, 0.15) is 6.10 Å². The van der Waals surface area contributed by atoms with Gasteiger partial charge in [0.05, 0.1) is 11.8 Å². The molecule has 0 amide bonds. The van der Waals surface area contributed by atoms with Crippen molar-refractivity contribution in [2.24, 2.45) is 0 Å². The van der Waals surface area contributed by atoms with Crippen molar-refractivity contribution in [1.82, 2.24) is 10.3 Å². The molecular formula is C17H19ClN2O. The van der Waals surface area contributed by atoms with E-state index in [9.17, 15) is 0 Å². The Morgan fingerprint density at radius 1 is 1.10 bits per heavy atom. The van der Waals surface area contributed by atoms with Crippen LogP contribution in [0.3, 0.4) is 0 Å². The van der Waals surface area contributed by atoms with Gasteiger partial charge in [0, 0.05) is 11.2 Å². The van der Waals surface area contributed by atoms with E-state index in [0.29, 0.717) is 0 Å². The number of rotatable bonds is 4. The average molecular weight is 303 g/mol. The molecule has 0 bridgehead atoms. The molecule has 2 heterocycles. The van der Waals surface area contributed by atoms with Gasteiger partial charge in [0.15, 0.2) is 0 Å². The van der Waals surface area contributed by atoms with Crippen LogP contribution in [0.5, 0.6) is 0 Å². The van der Waals surface area contributed by atoms with Crippen LogP contribution in [0.2, 0.25) is 5.02 Å². The molecule has 3 nitrogen and oxygen atoms in total. The van der Waals surface area contributed by atoms with Gasteiger partial charge in [0.2, 0.25) is 0 Å². The number of halogens is 1. The highest BCUT2D eigenvalue weighted by atomic mass is 35.5. The third-order valence-corrected chi connectivity index (χ3v) is 4.00. The lowest BCUT2D eigenvalue weighted by Gasteiger charge is -2.28. The summed E-state index contributed by atoms with van der Waals surface area (Å²) < 4.78 is 6.36. The molecule has 1 aliphatic heterocycles. The van der Waals surface area contributed by atoms with Crippen LogP contribution in [-0.2, 0) is 4.74 Å². The van der Waals surface area contributed by atoms with Gasteiger partial charge in [-0.3, -0.25) is 4.98 Å². The zero-order valence-corrected chi connectivity index (χ0v) is 12.6. The molecule has 3 rings (SSSR count). The van der Waals surface area contributed by atoms with Crippen molar-refractivity contribution in [1.29, 1.82) is 0 Å². The van der Waals surface area contributed by atoms with Crippen LogP contribution < -0.4 is 5.32 Å². The number of nitrogens with zero attached hydrogens (tertiary/aromatic N) is 1. The summed E-state index contributed by atoms with van der Waals surface area (Å²) in [5.41, 5.74) is 2.04. The van der Waals surface area contributed by atoms with Gasteiger partial charge in [-0.05, 0) is 55.8 Å². The summed E-state index contributed by atoms with van der Waals surface area (Å²) in [6.45, 7) is 2.03. The van der Waals surface area contributed by atoms with E-state index in [2.05, 4.69) is 10.3 Å². The van der Waals surface area contributed by atoms with Crippen molar-refractivity contribution in [2.45, 2.75) is 25.0 Å². The first kappa shape index (κ1) is 14.5. The number of pyridine rings is 1. The summed E-state index contributed by atoms with van der Waals surface area (Å²) in [6, 6.07) is 13.8. The lowest BCUT2D eigenvalue weighted by Crippen LogP contribution is -2.33. The predicted molar refractivity (Wildman–Crippen MR) is 84.5 cm³/mol. The second-order valence-electron chi connectivity index (χ2n) is 5.27. The van der Waals surface area contributed by atoms with Gasteiger partial charge in [-0.1, -0.05) is 29.8 Å². The van der Waals surface area contributed by atoms with E-state index >= 15 is 0 Å². The smallest absolute Gasteiger partial charge is 0.125 e. The minimum Gasteiger partial charge on any atom is -0.364 e. The highest BCUT2D eigenvalue weighted by Gasteiger charge is 2.22. The third kappa shape index (κ3) is 3.82. The molecule has 1 fully saturated rings. The van der Waals surface area contributed by atoms with Crippen LogP contribution >= 0.6 is 11.6 Å². The van der Waals surface area contributed by atoms with Crippen LogP contribution in [0.4, 0.5) is 0 Å². The fourth-order valence-electron chi connectivity index (χ4n) is 2.61. The lowest BCUT2D eigenvalue weighted by atomic mass is 10.0. The van der Waals surface area contributed by atoms with Gasteiger partial charge < -0.3 is 10.1 Å². The summed E-state index contributed by atoms with van der Waals surface area (Å²) in [6.07, 6.45) is 4.03. The minimum atomic E-state index is -0.133. The quantitative estimate of drug-likeness (QED) is 0.937. The molecule has 110 valence electrons. The van der Waals surface area contributed by atoms with E-state index in [1.165, 1.54) is 0 Å². The number of hydrogen-bond acceptors (Lipinski definition) is 3. The molecule has 4 heteroatoms. The van der Waals surface area contributed by atoms with E-state index in [1.807, 2.05) is 48.7 Å². The molecule has 21 heavy (non-hydrogen) atoms. The van der Waals surface area contributed by atoms with Crippen LogP contribution in [0.15, 0.2) is 48.7 Å². The molecular weight excluding hydrogens is 284 g/mol. The Morgan fingerprint density at radius 3 is 2.52 bits per heavy atom. The zero-order chi connectivity index (χ0) is 14.5. The predicted octanol–water partition coefficient (Wildman–Crippen LogP) is 3.59. The van der Waals surface area contributed by atoms with E-state index in [1.54, 1.807) is 0 Å². The van der Waals surface area contributed by atoms with Gasteiger partial charge in [-0.2, -0.15) is 0 Å². The molecule has 1 aromatic heterocycles. The summed E-state index contributed by atoms with van der Waals surface area (Å²) in [5.74, 6) is 0. The molecule has 0 unspecified atom stereocenters. The standard InChI is InChI=1S/C17H19ClN2O/c18-14-6-4-13(5-7-14)17(16-3-1-2-10-20-16)21-15-8-11-19-12-9-15/h1-7,10,15,17,19H,8-9,11-12H2/t17-/m1/s1. The molecule has 0 spiro atoms. The van der Waals surface area contributed by atoms with Crippen LogP contribution in [0, 0.1) is 0 Å². The first-order valence-corrected chi connectivity index (χ1v) is 7.73. The first-order chi connectivity index (χ1) is 10.3. The lowest BCUT2D eigenvalue weighted by molar-refractivity contribution is -0.00991. The maximum atomic E-state index is 6.36. The Labute approximate surface area is 130 Å². The van der Waals surface area contributed by atoms with Crippen molar-refractivity contribution >= 4 is 11.6 Å². The van der Waals surface area contributed by atoms with E-state index < -0.39 is 0 Å². The summed E-state index contributed by atoms with van der Waals surface area (Å²) in [4.78, 5) is 4.47. The topological polar surface area (TPSA) is 34.1 Å². The van der Waals surface area contributed by atoms with E-state index in [0.717, 1.165) is 42.2 Å². The highest BCUT2D eigenvalue weighted by molar-refractivity contribution is 6.30. The Kier molecular flexibility index (Phi) is 4.86. The van der Waals surface area contributed by atoms with E-state index in [-0.39, 0.29) is 12.2 Å². The second kappa shape index (κ2) is 7.03. The van der Waals surface area contributed by atoms with Gasteiger partial charge in [-0.25, -0.2) is 0 Å². The van der Waals surface area contributed by atoms with Crippen molar-refractivity contribution in [3.8, 4) is 0 Å². The number of hydrogen-bond donors (Lipinski definition) is 1. The van der Waals surface area contributed by atoms with Crippen molar-refractivity contribution in [3.05, 3.63) is 64.9 Å². The normalized spacial score (nSPS) is 17.6. The number of ether oxygens (including phenoxy) is 1. The largest absolute Gasteiger partial charge is 0.364 e. The summed E-state index contributed by atoms with van der Waals surface area (Å²) in [5, 5.41) is 4.10. The Bertz CT molecular complexity index is 553. The molecule has 0 saturated carbocycles. The van der Waals surface area contributed by atoms with Crippen LogP contribution in [0.1, 0.15) is 30.2 Å². The maximum Gasteiger partial charge on any atom is 0.125 e. The molecule has 0 aliphatic carbocycles. The number of aromatic nitrogens is 1. The molecule has 0 radical (unpaired) electrons. The van der Waals surface area contributed by atoms with Crippen molar-refractivity contribution < 1.29 is 4.74 Å². The monoisotopic (exact) mass is 302 g/mol. The van der Waals surface area contributed by atoms with Gasteiger partial charge in [-0.15, -0.1) is 0 Å². The Morgan fingerprint density at radius 2 is 1.86 bits per heavy atom. The van der Waals surface area contributed by atoms with Gasteiger partial charge >= 0.3 is 0 Å². The molecule has 1 atom stereocenters. The zero-order valence-electron chi connectivity index (χ0n) is 11.8. The molecule has 1 aliphatic rings. The Hall–Kier alpha value is -1.42. The maximum absolute atomic E-state index is 6.36. The first-order valence-electron chi connectivity index (χ1n) is 7.35. The van der Waals surface area contributed by atoms with Gasteiger partial charge in [0.25, 0.3) is 0 Å². The fourth-order valence-corrected chi connectivity index (χ4v) is 2.74. The molecule has 1 saturated heterocycles. The van der Waals surface area contributed by atoms with E-state index in [4.69, 9.17) is 16.3 Å². The number of benzene rings is 1. The minimum absolute atomic E-state index is 0.133.